The SMILES string of the molecule is Cc1cccc(Nc2nccc3c(Nc4ncccc4-c4ncnc5nc[nH]c45)c(C)ccc23)c1. The van der Waals surface area contributed by atoms with E-state index in [1.54, 1.807) is 12.5 Å². The van der Waals surface area contributed by atoms with Crippen LogP contribution in [0.3, 0.4) is 0 Å². The third-order valence-electron chi connectivity index (χ3n) is 5.96. The highest BCUT2D eigenvalue weighted by Crippen LogP contribution is 2.36. The van der Waals surface area contributed by atoms with Gasteiger partial charge in [0.15, 0.2) is 5.65 Å². The van der Waals surface area contributed by atoms with Crippen LogP contribution in [-0.2, 0) is 0 Å². The molecule has 170 valence electrons. The highest BCUT2D eigenvalue weighted by molar-refractivity contribution is 6.03. The van der Waals surface area contributed by atoms with Gasteiger partial charge in [0.2, 0.25) is 0 Å². The summed E-state index contributed by atoms with van der Waals surface area (Å²) in [6.07, 6.45) is 6.73. The van der Waals surface area contributed by atoms with Crippen LogP contribution in [0.4, 0.5) is 23.0 Å². The molecule has 4 aromatic heterocycles. The van der Waals surface area contributed by atoms with Gasteiger partial charge in [0.05, 0.1) is 12.0 Å². The van der Waals surface area contributed by atoms with Crippen LogP contribution in [-0.4, -0.2) is 29.9 Å². The number of aromatic amines is 1. The van der Waals surface area contributed by atoms with Gasteiger partial charge in [0.1, 0.15) is 29.2 Å². The number of imidazole rings is 1. The van der Waals surface area contributed by atoms with Gasteiger partial charge in [0, 0.05) is 34.4 Å². The largest absolute Gasteiger partial charge is 0.341 e. The van der Waals surface area contributed by atoms with Gasteiger partial charge in [0.25, 0.3) is 0 Å². The molecule has 0 saturated heterocycles. The molecule has 8 heteroatoms. The lowest BCUT2D eigenvalue weighted by atomic mass is 10.0. The summed E-state index contributed by atoms with van der Waals surface area (Å²) in [6, 6.07) is 18.3. The third-order valence-corrected chi connectivity index (χ3v) is 5.96. The molecule has 8 nitrogen and oxygen atoms in total. The predicted molar refractivity (Wildman–Crippen MR) is 139 cm³/mol. The average molecular weight is 459 g/mol. The molecule has 0 saturated carbocycles. The highest BCUT2D eigenvalue weighted by atomic mass is 15.0. The van der Waals surface area contributed by atoms with Crippen molar-refractivity contribution in [2.24, 2.45) is 0 Å². The molecule has 0 atom stereocenters. The first kappa shape index (κ1) is 20.7. The molecule has 0 bridgehead atoms. The minimum absolute atomic E-state index is 0.615. The summed E-state index contributed by atoms with van der Waals surface area (Å²) < 4.78 is 0. The van der Waals surface area contributed by atoms with Gasteiger partial charge in [-0.05, 0) is 55.3 Å². The molecule has 0 aliphatic carbocycles. The van der Waals surface area contributed by atoms with Crippen LogP contribution in [0.25, 0.3) is 33.2 Å². The Hall–Kier alpha value is -4.85. The summed E-state index contributed by atoms with van der Waals surface area (Å²) in [4.78, 5) is 25.4. The molecular weight excluding hydrogens is 436 g/mol. The molecule has 0 amide bonds. The van der Waals surface area contributed by atoms with Crippen LogP contribution in [0.15, 0.2) is 79.6 Å². The van der Waals surface area contributed by atoms with Gasteiger partial charge in [-0.3, -0.25) is 0 Å². The Kier molecular flexibility index (Phi) is 5.03. The van der Waals surface area contributed by atoms with E-state index in [9.17, 15) is 0 Å². The molecule has 0 fully saturated rings. The molecule has 35 heavy (non-hydrogen) atoms. The molecule has 0 aliphatic heterocycles. The molecule has 0 radical (unpaired) electrons. The number of aromatic nitrogens is 6. The van der Waals surface area contributed by atoms with Gasteiger partial charge < -0.3 is 15.6 Å². The summed E-state index contributed by atoms with van der Waals surface area (Å²) in [5, 5.41) is 9.10. The van der Waals surface area contributed by atoms with Crippen LogP contribution in [0.2, 0.25) is 0 Å². The minimum Gasteiger partial charge on any atom is -0.341 e. The van der Waals surface area contributed by atoms with Gasteiger partial charge >= 0.3 is 0 Å². The van der Waals surface area contributed by atoms with Gasteiger partial charge in [-0.1, -0.05) is 24.3 Å². The maximum atomic E-state index is 4.65. The number of aryl methyl sites for hydroxylation is 2. The molecule has 2 aromatic carbocycles. The van der Waals surface area contributed by atoms with E-state index in [0.29, 0.717) is 11.5 Å². The van der Waals surface area contributed by atoms with E-state index in [1.165, 1.54) is 11.9 Å². The fraction of sp³-hybridized carbons (Fsp3) is 0.0741. The standard InChI is InChI=1S/C27H22N8/c1-16-5-3-6-18(13-16)34-25-20-9-8-17(2)22(19(20)10-12-29-25)35-26-21(7-4-11-28-26)23-24-27(32-14-30-23)33-15-31-24/h3-15H,1-2H3,(H,28,35)(H,29,34)(H,30,31,32,33). The van der Waals surface area contributed by atoms with Crippen molar-refractivity contribution in [3.63, 3.8) is 0 Å². The molecule has 0 aliphatic rings. The maximum absolute atomic E-state index is 4.65. The number of hydrogen-bond acceptors (Lipinski definition) is 7. The Morgan fingerprint density at radius 2 is 1.66 bits per heavy atom. The minimum atomic E-state index is 0.615. The topological polar surface area (TPSA) is 104 Å². The van der Waals surface area contributed by atoms with E-state index in [0.717, 1.165) is 50.3 Å². The second-order valence-electron chi connectivity index (χ2n) is 8.35. The first-order valence-electron chi connectivity index (χ1n) is 11.3. The van der Waals surface area contributed by atoms with Crippen LogP contribution in [0.1, 0.15) is 11.1 Å². The smallest absolute Gasteiger partial charge is 0.181 e. The Labute approximate surface area is 201 Å². The lowest BCUT2D eigenvalue weighted by Crippen LogP contribution is -2.02. The lowest BCUT2D eigenvalue weighted by molar-refractivity contribution is 1.19. The van der Waals surface area contributed by atoms with Gasteiger partial charge in [-0.15, -0.1) is 0 Å². The maximum Gasteiger partial charge on any atom is 0.181 e. The molecule has 6 aromatic rings. The van der Waals surface area contributed by atoms with E-state index in [4.69, 9.17) is 0 Å². The van der Waals surface area contributed by atoms with Gasteiger partial charge in [-0.2, -0.15) is 0 Å². The van der Waals surface area contributed by atoms with E-state index < -0.39 is 0 Å². The number of anilines is 4. The van der Waals surface area contributed by atoms with E-state index in [1.807, 2.05) is 36.5 Å². The number of fused-ring (bicyclic) bond motifs is 2. The number of H-pyrrole nitrogens is 1. The summed E-state index contributed by atoms with van der Waals surface area (Å²) in [5.74, 6) is 1.50. The van der Waals surface area contributed by atoms with Crippen molar-refractivity contribution >= 4 is 44.9 Å². The molecular formula is C27H22N8. The molecule has 0 unspecified atom stereocenters. The Morgan fingerprint density at radius 3 is 2.57 bits per heavy atom. The summed E-state index contributed by atoms with van der Waals surface area (Å²) >= 11 is 0. The predicted octanol–water partition coefficient (Wildman–Crippen LogP) is 6.07. The van der Waals surface area contributed by atoms with Crippen molar-refractivity contribution in [3.8, 4) is 11.3 Å². The van der Waals surface area contributed by atoms with Crippen LogP contribution in [0.5, 0.6) is 0 Å². The second-order valence-corrected chi connectivity index (χ2v) is 8.35. The zero-order valence-corrected chi connectivity index (χ0v) is 19.2. The number of pyridine rings is 2. The number of nitrogens with zero attached hydrogens (tertiary/aromatic N) is 5. The first-order valence-corrected chi connectivity index (χ1v) is 11.3. The monoisotopic (exact) mass is 458 g/mol. The average Bonchev–Trinajstić information content (AvgIpc) is 3.36. The lowest BCUT2D eigenvalue weighted by Gasteiger charge is -2.17. The van der Waals surface area contributed by atoms with Gasteiger partial charge in [-0.25, -0.2) is 24.9 Å². The summed E-state index contributed by atoms with van der Waals surface area (Å²) in [7, 11) is 0. The van der Waals surface area contributed by atoms with Crippen molar-refractivity contribution in [3.05, 3.63) is 90.8 Å². The van der Waals surface area contributed by atoms with E-state index in [2.05, 4.69) is 78.7 Å². The first-order chi connectivity index (χ1) is 17.2. The zero-order chi connectivity index (χ0) is 23.8. The summed E-state index contributed by atoms with van der Waals surface area (Å²) in [6.45, 7) is 4.16. The molecule has 6 rings (SSSR count). The normalized spacial score (nSPS) is 11.1. The Bertz CT molecular complexity index is 1690. The second kappa shape index (κ2) is 8.49. The Morgan fingerprint density at radius 1 is 0.743 bits per heavy atom. The van der Waals surface area contributed by atoms with Crippen LogP contribution < -0.4 is 10.6 Å². The van der Waals surface area contributed by atoms with Crippen molar-refractivity contribution in [1.29, 1.82) is 0 Å². The number of rotatable bonds is 5. The van der Waals surface area contributed by atoms with E-state index >= 15 is 0 Å². The third kappa shape index (κ3) is 3.80. The molecule has 4 heterocycles. The fourth-order valence-corrected chi connectivity index (χ4v) is 4.27. The number of benzene rings is 2. The van der Waals surface area contributed by atoms with Crippen molar-refractivity contribution in [2.45, 2.75) is 13.8 Å². The van der Waals surface area contributed by atoms with E-state index in [-0.39, 0.29) is 0 Å². The summed E-state index contributed by atoms with van der Waals surface area (Å²) in [5.41, 5.74) is 7.23. The highest BCUT2D eigenvalue weighted by Gasteiger charge is 2.16. The number of nitrogens with one attached hydrogen (secondary N) is 3. The number of hydrogen-bond donors (Lipinski definition) is 3. The Balaban J connectivity index is 1.45. The fourth-order valence-electron chi connectivity index (χ4n) is 4.27. The molecule has 0 spiro atoms. The van der Waals surface area contributed by atoms with Crippen molar-refractivity contribution < 1.29 is 0 Å². The van der Waals surface area contributed by atoms with Crippen LogP contribution in [0, 0.1) is 13.8 Å². The quantitative estimate of drug-likeness (QED) is 0.288. The van der Waals surface area contributed by atoms with Crippen LogP contribution >= 0.6 is 0 Å². The zero-order valence-electron chi connectivity index (χ0n) is 19.2. The van der Waals surface area contributed by atoms with Crippen molar-refractivity contribution in [1.82, 2.24) is 29.9 Å². The van der Waals surface area contributed by atoms with Crippen molar-refractivity contribution in [2.75, 3.05) is 10.6 Å². The molecule has 3 N–H and O–H groups in total.